The van der Waals surface area contributed by atoms with Gasteiger partial charge in [-0.1, -0.05) is 6.07 Å². The minimum atomic E-state index is -0.527. The Balaban J connectivity index is 2.03. The number of methoxy groups -OCH3 is 1. The van der Waals surface area contributed by atoms with Crippen molar-refractivity contribution in [2.75, 3.05) is 24.4 Å². The number of nitrogens with zero attached hydrogens (tertiary/aromatic N) is 1. The number of benzene rings is 1. The van der Waals surface area contributed by atoms with Crippen LogP contribution in [0.3, 0.4) is 0 Å². The van der Waals surface area contributed by atoms with Crippen molar-refractivity contribution in [1.29, 1.82) is 0 Å². The summed E-state index contributed by atoms with van der Waals surface area (Å²) in [6.45, 7) is 2.03. The van der Waals surface area contributed by atoms with Gasteiger partial charge in [0, 0.05) is 5.69 Å². The Hall–Kier alpha value is -3.09. The fourth-order valence-electron chi connectivity index (χ4n) is 1.82. The smallest absolute Gasteiger partial charge is 0.411 e. The van der Waals surface area contributed by atoms with Gasteiger partial charge < -0.3 is 14.8 Å². The number of pyridine rings is 1. The second-order valence-corrected chi connectivity index (χ2v) is 4.47. The van der Waals surface area contributed by atoms with E-state index in [2.05, 4.69) is 20.4 Å². The summed E-state index contributed by atoms with van der Waals surface area (Å²) in [4.78, 5) is 27.0. The molecule has 0 aliphatic carbocycles. The number of rotatable bonds is 5. The molecule has 2 aromatic rings. The van der Waals surface area contributed by atoms with E-state index in [0.717, 1.165) is 0 Å². The molecular formula is C16H17N3O4. The van der Waals surface area contributed by atoms with Crippen LogP contribution < -0.4 is 10.6 Å². The monoisotopic (exact) mass is 315 g/mol. The van der Waals surface area contributed by atoms with E-state index in [1.165, 1.54) is 13.3 Å². The molecule has 2 rings (SSSR count). The molecule has 120 valence electrons. The van der Waals surface area contributed by atoms with Crippen LogP contribution in [0.2, 0.25) is 0 Å². The number of esters is 1. The molecule has 0 unspecified atom stereocenters. The van der Waals surface area contributed by atoms with E-state index in [9.17, 15) is 9.59 Å². The van der Waals surface area contributed by atoms with E-state index in [0.29, 0.717) is 29.4 Å². The molecule has 1 heterocycles. The highest BCUT2D eigenvalue weighted by atomic mass is 16.5. The van der Waals surface area contributed by atoms with Crippen LogP contribution in [0.15, 0.2) is 42.6 Å². The molecule has 0 atom stereocenters. The lowest BCUT2D eigenvalue weighted by Crippen LogP contribution is -2.13. The number of amides is 1. The van der Waals surface area contributed by atoms with Gasteiger partial charge in [-0.15, -0.1) is 0 Å². The standard InChI is InChI=1S/C16H17N3O4/c1-3-23-16(21)19-13-7-8-14(17-10-13)18-12-6-4-5-11(9-12)15(20)22-2/h4-10H,3H2,1-2H3,(H,17,18)(H,19,21). The van der Waals surface area contributed by atoms with Crippen molar-refractivity contribution < 1.29 is 19.1 Å². The van der Waals surface area contributed by atoms with Crippen molar-refractivity contribution in [2.24, 2.45) is 0 Å². The molecule has 2 N–H and O–H groups in total. The first-order chi connectivity index (χ1) is 11.1. The van der Waals surface area contributed by atoms with Gasteiger partial charge in [-0.05, 0) is 37.3 Å². The highest BCUT2D eigenvalue weighted by molar-refractivity contribution is 5.90. The lowest BCUT2D eigenvalue weighted by molar-refractivity contribution is 0.0600. The number of nitrogens with one attached hydrogen (secondary N) is 2. The van der Waals surface area contributed by atoms with Crippen molar-refractivity contribution in [1.82, 2.24) is 4.98 Å². The predicted octanol–water partition coefficient (Wildman–Crippen LogP) is 3.18. The third-order valence-corrected chi connectivity index (χ3v) is 2.84. The van der Waals surface area contributed by atoms with E-state index >= 15 is 0 Å². The Morgan fingerprint density at radius 1 is 1.17 bits per heavy atom. The molecule has 23 heavy (non-hydrogen) atoms. The summed E-state index contributed by atoms with van der Waals surface area (Å²) in [5.41, 5.74) is 1.67. The second-order valence-electron chi connectivity index (χ2n) is 4.47. The minimum Gasteiger partial charge on any atom is -0.465 e. The zero-order chi connectivity index (χ0) is 16.7. The molecule has 0 fully saturated rings. The van der Waals surface area contributed by atoms with Crippen molar-refractivity contribution >= 4 is 29.3 Å². The van der Waals surface area contributed by atoms with Gasteiger partial charge in [-0.3, -0.25) is 5.32 Å². The molecule has 1 aromatic heterocycles. The SMILES string of the molecule is CCOC(=O)Nc1ccc(Nc2cccc(C(=O)OC)c2)nc1. The topological polar surface area (TPSA) is 89.6 Å². The number of hydrogen-bond acceptors (Lipinski definition) is 6. The first-order valence-electron chi connectivity index (χ1n) is 6.97. The van der Waals surface area contributed by atoms with Crippen LogP contribution in [-0.2, 0) is 9.47 Å². The number of carbonyl (C=O) groups excluding carboxylic acids is 2. The molecule has 0 bridgehead atoms. The highest BCUT2D eigenvalue weighted by Crippen LogP contribution is 2.18. The van der Waals surface area contributed by atoms with Crippen molar-refractivity contribution in [3.8, 4) is 0 Å². The summed E-state index contributed by atoms with van der Waals surface area (Å²) in [6.07, 6.45) is 0.976. The van der Waals surface area contributed by atoms with Gasteiger partial charge >= 0.3 is 12.1 Å². The van der Waals surface area contributed by atoms with Crippen LogP contribution in [-0.4, -0.2) is 30.8 Å². The summed E-state index contributed by atoms with van der Waals surface area (Å²) < 4.78 is 9.46. The quantitative estimate of drug-likeness (QED) is 0.824. The maximum atomic E-state index is 11.5. The van der Waals surface area contributed by atoms with Crippen molar-refractivity contribution in [3.05, 3.63) is 48.2 Å². The zero-order valence-corrected chi connectivity index (χ0v) is 12.8. The Labute approximate surface area is 133 Å². The normalized spacial score (nSPS) is 9.83. The molecule has 0 spiro atoms. The van der Waals surface area contributed by atoms with E-state index < -0.39 is 12.1 Å². The van der Waals surface area contributed by atoms with Gasteiger partial charge in [0.25, 0.3) is 0 Å². The summed E-state index contributed by atoms with van der Waals surface area (Å²) in [5.74, 6) is 0.164. The average molecular weight is 315 g/mol. The fraction of sp³-hybridized carbons (Fsp3) is 0.188. The first kappa shape index (κ1) is 16.3. The Kier molecular flexibility index (Phi) is 5.51. The third kappa shape index (κ3) is 4.70. The molecule has 1 amide bonds. The van der Waals surface area contributed by atoms with E-state index in [4.69, 9.17) is 4.74 Å². The van der Waals surface area contributed by atoms with Crippen LogP contribution in [0, 0.1) is 0 Å². The summed E-state index contributed by atoms with van der Waals surface area (Å²) in [6, 6.07) is 10.3. The number of anilines is 3. The summed E-state index contributed by atoms with van der Waals surface area (Å²) >= 11 is 0. The molecule has 7 nitrogen and oxygen atoms in total. The van der Waals surface area contributed by atoms with Gasteiger partial charge in [0.15, 0.2) is 0 Å². The molecular weight excluding hydrogens is 298 g/mol. The summed E-state index contributed by atoms with van der Waals surface area (Å²) in [5, 5.41) is 5.62. The Morgan fingerprint density at radius 2 is 2.00 bits per heavy atom. The number of aromatic nitrogens is 1. The maximum absolute atomic E-state index is 11.5. The molecule has 0 radical (unpaired) electrons. The molecule has 0 saturated heterocycles. The van der Waals surface area contributed by atoms with Crippen LogP contribution in [0.4, 0.5) is 22.0 Å². The predicted molar refractivity (Wildman–Crippen MR) is 85.9 cm³/mol. The molecule has 1 aromatic carbocycles. The second kappa shape index (κ2) is 7.79. The number of ether oxygens (including phenoxy) is 2. The van der Waals surface area contributed by atoms with Crippen LogP contribution in [0.25, 0.3) is 0 Å². The zero-order valence-electron chi connectivity index (χ0n) is 12.8. The first-order valence-corrected chi connectivity index (χ1v) is 6.97. The van der Waals surface area contributed by atoms with Gasteiger partial charge in [0.2, 0.25) is 0 Å². The number of carbonyl (C=O) groups is 2. The van der Waals surface area contributed by atoms with Gasteiger partial charge in [0.1, 0.15) is 5.82 Å². The minimum absolute atomic E-state index is 0.301. The van der Waals surface area contributed by atoms with Crippen LogP contribution in [0.5, 0.6) is 0 Å². The van der Waals surface area contributed by atoms with E-state index in [1.54, 1.807) is 43.3 Å². The lowest BCUT2D eigenvalue weighted by Gasteiger charge is -2.08. The fourth-order valence-corrected chi connectivity index (χ4v) is 1.82. The molecule has 7 heteroatoms. The molecule has 0 aliphatic rings. The van der Waals surface area contributed by atoms with E-state index in [1.807, 2.05) is 0 Å². The van der Waals surface area contributed by atoms with Crippen LogP contribution >= 0.6 is 0 Å². The van der Waals surface area contributed by atoms with Gasteiger partial charge in [-0.2, -0.15) is 0 Å². The molecule has 0 saturated carbocycles. The maximum Gasteiger partial charge on any atom is 0.411 e. The number of hydrogen-bond donors (Lipinski definition) is 2. The Morgan fingerprint density at radius 3 is 2.65 bits per heavy atom. The van der Waals surface area contributed by atoms with Crippen molar-refractivity contribution in [2.45, 2.75) is 6.92 Å². The molecule has 0 aliphatic heterocycles. The highest BCUT2D eigenvalue weighted by Gasteiger charge is 2.06. The van der Waals surface area contributed by atoms with Crippen LogP contribution in [0.1, 0.15) is 17.3 Å². The van der Waals surface area contributed by atoms with Crippen molar-refractivity contribution in [3.63, 3.8) is 0 Å². The van der Waals surface area contributed by atoms with E-state index in [-0.39, 0.29) is 0 Å². The lowest BCUT2D eigenvalue weighted by atomic mass is 10.2. The van der Waals surface area contributed by atoms with Gasteiger partial charge in [-0.25, -0.2) is 14.6 Å². The third-order valence-electron chi connectivity index (χ3n) is 2.84. The summed E-state index contributed by atoms with van der Waals surface area (Å²) in [7, 11) is 1.33. The average Bonchev–Trinajstić information content (AvgIpc) is 2.56. The van der Waals surface area contributed by atoms with Gasteiger partial charge in [0.05, 0.1) is 31.2 Å². The Bertz CT molecular complexity index is 686. The largest absolute Gasteiger partial charge is 0.465 e.